The zero-order chi connectivity index (χ0) is 15.6. The third-order valence-corrected chi connectivity index (χ3v) is 4.57. The molecule has 0 atom stereocenters. The molecule has 2 nitrogen and oxygen atoms in total. The van der Waals surface area contributed by atoms with Crippen LogP contribution >= 0.6 is 0 Å². The van der Waals surface area contributed by atoms with E-state index in [9.17, 15) is 0 Å². The van der Waals surface area contributed by atoms with E-state index in [4.69, 9.17) is 0 Å². The van der Waals surface area contributed by atoms with E-state index in [2.05, 4.69) is 89.3 Å². The number of nitrogens with zero attached hydrogens (tertiary/aromatic N) is 2. The average Bonchev–Trinajstić information content (AvgIpc) is 2.62. The van der Waals surface area contributed by atoms with Gasteiger partial charge in [-0.3, -0.25) is 4.58 Å². The Morgan fingerprint density at radius 1 is 0.826 bits per heavy atom. The predicted octanol–water partition coefficient (Wildman–Crippen LogP) is 4.14. The highest BCUT2D eigenvalue weighted by Gasteiger charge is 2.29. The number of rotatable bonds is 2. The molecule has 23 heavy (non-hydrogen) atoms. The molecule has 0 N–H and O–H groups in total. The quantitative estimate of drug-likeness (QED) is 0.645. The number of anilines is 1. The number of hydrogen-bond donors (Lipinski definition) is 0. The minimum atomic E-state index is 1.06. The van der Waals surface area contributed by atoms with Crippen molar-refractivity contribution in [1.29, 1.82) is 0 Å². The van der Waals surface area contributed by atoms with E-state index in [1.807, 2.05) is 0 Å². The summed E-state index contributed by atoms with van der Waals surface area (Å²) in [6.07, 6.45) is 1.18. The fraction of sp³-hybridized carbons (Fsp3) is 0.190. The molecule has 0 aromatic heterocycles. The van der Waals surface area contributed by atoms with Crippen LogP contribution in [0.2, 0.25) is 0 Å². The molecule has 0 fully saturated rings. The molecule has 114 valence electrons. The Hall–Kier alpha value is -2.61. The lowest BCUT2D eigenvalue weighted by molar-refractivity contribution is -0.501. The topological polar surface area (TPSA) is 6.25 Å². The van der Waals surface area contributed by atoms with Gasteiger partial charge in [-0.25, -0.2) is 4.90 Å². The SMILES string of the molecule is C[N+]1=C(c2ccccc2)N(c2ccc3ccccc3c2)CCC1. The van der Waals surface area contributed by atoms with Crippen molar-refractivity contribution in [3.8, 4) is 0 Å². The second-order valence-electron chi connectivity index (χ2n) is 6.15. The first-order valence-corrected chi connectivity index (χ1v) is 8.23. The monoisotopic (exact) mass is 301 g/mol. The minimum absolute atomic E-state index is 1.06. The second-order valence-corrected chi connectivity index (χ2v) is 6.15. The molecule has 3 aromatic rings. The number of amidine groups is 1. The summed E-state index contributed by atoms with van der Waals surface area (Å²) in [5.41, 5.74) is 2.55. The van der Waals surface area contributed by atoms with Gasteiger partial charge in [-0.05, 0) is 35.0 Å². The van der Waals surface area contributed by atoms with E-state index >= 15 is 0 Å². The van der Waals surface area contributed by atoms with E-state index in [-0.39, 0.29) is 0 Å². The van der Waals surface area contributed by atoms with Gasteiger partial charge in [0.15, 0.2) is 0 Å². The minimum Gasteiger partial charge on any atom is -0.264 e. The Bertz CT molecular complexity index is 865. The summed E-state index contributed by atoms with van der Waals surface area (Å²) in [6, 6.07) is 26.0. The number of fused-ring (bicyclic) bond motifs is 1. The van der Waals surface area contributed by atoms with Gasteiger partial charge in [0.25, 0.3) is 5.84 Å². The lowest BCUT2D eigenvalue weighted by atomic mass is 10.1. The van der Waals surface area contributed by atoms with Gasteiger partial charge in [-0.1, -0.05) is 48.5 Å². The first kappa shape index (κ1) is 14.0. The Labute approximate surface area is 137 Å². The van der Waals surface area contributed by atoms with E-state index in [1.54, 1.807) is 0 Å². The van der Waals surface area contributed by atoms with E-state index in [0.29, 0.717) is 0 Å². The molecule has 3 aromatic carbocycles. The molecule has 2 heteroatoms. The molecule has 1 aliphatic rings. The molecule has 4 rings (SSSR count). The Morgan fingerprint density at radius 2 is 1.57 bits per heavy atom. The molecule has 0 radical (unpaired) electrons. The number of hydrogen-bond acceptors (Lipinski definition) is 1. The zero-order valence-electron chi connectivity index (χ0n) is 13.4. The standard InChI is InChI=1S/C21H21N2/c1-22-14-7-15-23(21(22)18-9-3-2-4-10-18)20-13-12-17-8-5-6-11-19(17)16-20/h2-6,8-13,16H,7,14-15H2,1H3/q+1. The van der Waals surface area contributed by atoms with E-state index in [0.717, 1.165) is 13.1 Å². The van der Waals surface area contributed by atoms with Crippen LogP contribution in [-0.2, 0) is 0 Å². The van der Waals surface area contributed by atoms with Crippen LogP contribution in [0, 0.1) is 0 Å². The van der Waals surface area contributed by atoms with Crippen molar-refractivity contribution in [2.24, 2.45) is 0 Å². The third-order valence-electron chi connectivity index (χ3n) is 4.57. The fourth-order valence-corrected chi connectivity index (χ4v) is 3.44. The number of benzene rings is 3. The Kier molecular flexibility index (Phi) is 3.58. The van der Waals surface area contributed by atoms with Gasteiger partial charge in [0.05, 0.1) is 25.7 Å². The first-order valence-electron chi connectivity index (χ1n) is 8.23. The molecule has 0 aliphatic carbocycles. The van der Waals surface area contributed by atoms with Crippen LogP contribution in [0.4, 0.5) is 5.69 Å². The average molecular weight is 301 g/mol. The van der Waals surface area contributed by atoms with Crippen molar-refractivity contribution in [2.75, 3.05) is 25.0 Å². The van der Waals surface area contributed by atoms with Crippen LogP contribution < -0.4 is 4.90 Å². The summed E-state index contributed by atoms with van der Waals surface area (Å²) in [5.74, 6) is 1.30. The van der Waals surface area contributed by atoms with Crippen LogP contribution in [0.25, 0.3) is 10.8 Å². The largest absolute Gasteiger partial charge is 0.284 e. The normalized spacial score (nSPS) is 15.3. The molecule has 0 spiro atoms. The van der Waals surface area contributed by atoms with Gasteiger partial charge in [0, 0.05) is 6.42 Å². The summed E-state index contributed by atoms with van der Waals surface area (Å²) < 4.78 is 2.37. The maximum Gasteiger partial charge on any atom is 0.284 e. The Balaban J connectivity index is 1.83. The highest BCUT2D eigenvalue weighted by molar-refractivity contribution is 6.07. The van der Waals surface area contributed by atoms with Gasteiger partial charge in [-0.2, -0.15) is 0 Å². The first-order chi connectivity index (χ1) is 11.3. The molecule has 0 amide bonds. The van der Waals surface area contributed by atoms with Gasteiger partial charge in [0.2, 0.25) is 0 Å². The van der Waals surface area contributed by atoms with Crippen molar-refractivity contribution in [2.45, 2.75) is 6.42 Å². The molecule has 1 aliphatic heterocycles. The summed E-state index contributed by atoms with van der Waals surface area (Å²) in [7, 11) is 2.19. The smallest absolute Gasteiger partial charge is 0.264 e. The second kappa shape index (κ2) is 5.88. The lowest BCUT2D eigenvalue weighted by Crippen LogP contribution is -2.43. The highest BCUT2D eigenvalue weighted by atomic mass is 15.3. The third kappa shape index (κ3) is 2.61. The predicted molar refractivity (Wildman–Crippen MR) is 97.5 cm³/mol. The lowest BCUT2D eigenvalue weighted by Gasteiger charge is -2.25. The maximum atomic E-state index is 2.45. The molecule has 0 saturated carbocycles. The van der Waals surface area contributed by atoms with Crippen molar-refractivity contribution >= 4 is 22.3 Å². The Morgan fingerprint density at radius 3 is 2.39 bits per heavy atom. The maximum absolute atomic E-state index is 2.45. The molecule has 0 bridgehead atoms. The van der Waals surface area contributed by atoms with Crippen molar-refractivity contribution in [3.05, 3.63) is 78.4 Å². The summed E-state index contributed by atoms with van der Waals surface area (Å²) in [6.45, 7) is 2.17. The molecular formula is C21H21N2+. The van der Waals surface area contributed by atoms with Crippen molar-refractivity contribution < 1.29 is 4.58 Å². The molecular weight excluding hydrogens is 280 g/mol. The zero-order valence-corrected chi connectivity index (χ0v) is 13.4. The van der Waals surface area contributed by atoms with Gasteiger partial charge >= 0.3 is 0 Å². The van der Waals surface area contributed by atoms with Crippen LogP contribution in [-0.4, -0.2) is 30.5 Å². The highest BCUT2D eigenvalue weighted by Crippen LogP contribution is 2.25. The van der Waals surface area contributed by atoms with Gasteiger partial charge in [0.1, 0.15) is 5.69 Å². The molecule has 0 saturated heterocycles. The van der Waals surface area contributed by atoms with Crippen LogP contribution in [0.15, 0.2) is 72.8 Å². The molecule has 0 unspecified atom stereocenters. The van der Waals surface area contributed by atoms with E-state index < -0.39 is 0 Å². The van der Waals surface area contributed by atoms with Crippen LogP contribution in [0.3, 0.4) is 0 Å². The van der Waals surface area contributed by atoms with Crippen molar-refractivity contribution in [1.82, 2.24) is 0 Å². The van der Waals surface area contributed by atoms with Crippen LogP contribution in [0.1, 0.15) is 12.0 Å². The van der Waals surface area contributed by atoms with Crippen LogP contribution in [0.5, 0.6) is 0 Å². The van der Waals surface area contributed by atoms with Gasteiger partial charge < -0.3 is 0 Å². The van der Waals surface area contributed by atoms with Gasteiger partial charge in [-0.15, -0.1) is 0 Å². The summed E-state index contributed by atoms with van der Waals surface area (Å²) >= 11 is 0. The van der Waals surface area contributed by atoms with E-state index in [1.165, 1.54) is 34.3 Å². The summed E-state index contributed by atoms with van der Waals surface area (Å²) in [4.78, 5) is 2.45. The fourth-order valence-electron chi connectivity index (χ4n) is 3.44. The molecule has 1 heterocycles. The summed E-state index contributed by atoms with van der Waals surface area (Å²) in [5, 5.41) is 2.59. The van der Waals surface area contributed by atoms with Crippen molar-refractivity contribution in [3.63, 3.8) is 0 Å².